The lowest BCUT2D eigenvalue weighted by Crippen LogP contribution is -2.25. The van der Waals surface area contributed by atoms with Crippen molar-refractivity contribution in [3.05, 3.63) is 45.3 Å². The number of ether oxygens (including phenoxy) is 2. The standard InChI is InChI=1S/C20H19ClN6O4/c1-11(9-30-3)19-24-18(25-31-19)15-17-20(28)26(6-7-29-2)16-12(8-22)13(21)4-5-14(16)27(17)10-23-15/h4-5,10-11H,6-7,9H2,1-3H3. The van der Waals surface area contributed by atoms with Crippen LogP contribution in [0.1, 0.15) is 24.3 Å². The van der Waals surface area contributed by atoms with Gasteiger partial charge in [-0.3, -0.25) is 9.20 Å². The van der Waals surface area contributed by atoms with Crippen LogP contribution in [0.4, 0.5) is 0 Å². The summed E-state index contributed by atoms with van der Waals surface area (Å²) in [6.45, 7) is 2.81. The van der Waals surface area contributed by atoms with Crippen LogP contribution in [0.15, 0.2) is 27.8 Å². The maximum Gasteiger partial charge on any atom is 0.277 e. The van der Waals surface area contributed by atoms with Crippen molar-refractivity contribution in [1.82, 2.24) is 24.1 Å². The number of benzene rings is 1. The van der Waals surface area contributed by atoms with Gasteiger partial charge in [0, 0.05) is 20.8 Å². The molecule has 0 aliphatic rings. The van der Waals surface area contributed by atoms with E-state index in [0.717, 1.165) is 0 Å². The summed E-state index contributed by atoms with van der Waals surface area (Å²) in [5, 5.41) is 13.9. The fraction of sp³-hybridized carbons (Fsp3) is 0.350. The number of methoxy groups -OCH3 is 2. The number of imidazole rings is 1. The van der Waals surface area contributed by atoms with Crippen LogP contribution in [0.3, 0.4) is 0 Å². The van der Waals surface area contributed by atoms with Crippen molar-refractivity contribution in [2.75, 3.05) is 27.4 Å². The van der Waals surface area contributed by atoms with E-state index in [4.69, 9.17) is 25.6 Å². The Bertz CT molecular complexity index is 1370. The Morgan fingerprint density at radius 3 is 2.81 bits per heavy atom. The Morgan fingerprint density at radius 1 is 1.29 bits per heavy atom. The van der Waals surface area contributed by atoms with Crippen molar-refractivity contribution in [3.8, 4) is 17.6 Å². The lowest BCUT2D eigenvalue weighted by atomic mass is 10.1. The summed E-state index contributed by atoms with van der Waals surface area (Å²) >= 11 is 6.24. The third kappa shape index (κ3) is 3.46. The van der Waals surface area contributed by atoms with Gasteiger partial charge in [-0.25, -0.2) is 4.98 Å². The molecule has 11 heteroatoms. The second kappa shape index (κ2) is 8.47. The zero-order valence-corrected chi connectivity index (χ0v) is 17.9. The van der Waals surface area contributed by atoms with E-state index in [1.165, 1.54) is 18.0 Å². The summed E-state index contributed by atoms with van der Waals surface area (Å²) in [4.78, 5) is 22.3. The van der Waals surface area contributed by atoms with E-state index in [1.807, 2.05) is 6.92 Å². The highest BCUT2D eigenvalue weighted by Crippen LogP contribution is 2.28. The molecule has 0 spiro atoms. The largest absolute Gasteiger partial charge is 0.384 e. The molecule has 0 aliphatic carbocycles. The van der Waals surface area contributed by atoms with Crippen LogP contribution >= 0.6 is 11.6 Å². The van der Waals surface area contributed by atoms with Gasteiger partial charge in [0.25, 0.3) is 5.56 Å². The second-order valence-electron chi connectivity index (χ2n) is 6.98. The Hall–Kier alpha value is -3.26. The average Bonchev–Trinajstić information content (AvgIpc) is 3.41. The first-order valence-electron chi connectivity index (χ1n) is 9.45. The molecule has 0 bridgehead atoms. The van der Waals surface area contributed by atoms with Crippen molar-refractivity contribution in [3.63, 3.8) is 0 Å². The van der Waals surface area contributed by atoms with Crippen LogP contribution in [0.5, 0.6) is 0 Å². The smallest absolute Gasteiger partial charge is 0.277 e. The quantitative estimate of drug-likeness (QED) is 0.428. The molecule has 3 aromatic heterocycles. The van der Waals surface area contributed by atoms with Gasteiger partial charge >= 0.3 is 0 Å². The Labute approximate surface area is 181 Å². The Morgan fingerprint density at radius 2 is 2.10 bits per heavy atom. The highest BCUT2D eigenvalue weighted by Gasteiger charge is 2.23. The molecule has 3 heterocycles. The van der Waals surface area contributed by atoms with E-state index < -0.39 is 0 Å². The van der Waals surface area contributed by atoms with Crippen molar-refractivity contribution >= 4 is 28.2 Å². The Kier molecular flexibility index (Phi) is 5.73. The van der Waals surface area contributed by atoms with E-state index in [0.29, 0.717) is 23.5 Å². The molecule has 10 nitrogen and oxygen atoms in total. The number of nitrogens with zero attached hydrogens (tertiary/aromatic N) is 6. The molecule has 0 fully saturated rings. The number of hydrogen-bond acceptors (Lipinski definition) is 8. The number of fused-ring (bicyclic) bond motifs is 3. The second-order valence-corrected chi connectivity index (χ2v) is 7.38. The first-order valence-corrected chi connectivity index (χ1v) is 9.83. The fourth-order valence-corrected chi connectivity index (χ4v) is 3.70. The summed E-state index contributed by atoms with van der Waals surface area (Å²) in [6, 6.07) is 5.45. The van der Waals surface area contributed by atoms with Crippen molar-refractivity contribution in [2.24, 2.45) is 0 Å². The summed E-state index contributed by atoms with van der Waals surface area (Å²) in [5.41, 5.74) is 1.40. The maximum atomic E-state index is 13.5. The monoisotopic (exact) mass is 442 g/mol. The molecular weight excluding hydrogens is 424 g/mol. The molecule has 31 heavy (non-hydrogen) atoms. The van der Waals surface area contributed by atoms with Crippen molar-refractivity contribution in [1.29, 1.82) is 5.26 Å². The van der Waals surface area contributed by atoms with Crippen LogP contribution in [0.25, 0.3) is 28.1 Å². The van der Waals surface area contributed by atoms with Crippen LogP contribution in [-0.4, -0.2) is 51.5 Å². The molecule has 4 aromatic rings. The third-order valence-electron chi connectivity index (χ3n) is 4.97. The fourth-order valence-electron chi connectivity index (χ4n) is 3.51. The average molecular weight is 443 g/mol. The molecule has 1 unspecified atom stereocenters. The van der Waals surface area contributed by atoms with Gasteiger partial charge in [0.2, 0.25) is 11.7 Å². The normalized spacial score (nSPS) is 12.5. The van der Waals surface area contributed by atoms with Crippen molar-refractivity contribution in [2.45, 2.75) is 19.4 Å². The molecule has 0 amide bonds. The van der Waals surface area contributed by atoms with Gasteiger partial charge in [0.05, 0.1) is 40.8 Å². The minimum atomic E-state index is -0.368. The van der Waals surface area contributed by atoms with Gasteiger partial charge in [-0.2, -0.15) is 10.2 Å². The molecule has 0 aliphatic heterocycles. The minimum absolute atomic E-state index is 0.111. The zero-order chi connectivity index (χ0) is 22.1. The predicted molar refractivity (Wildman–Crippen MR) is 112 cm³/mol. The summed E-state index contributed by atoms with van der Waals surface area (Å²) in [6.07, 6.45) is 1.50. The lowest BCUT2D eigenvalue weighted by Gasteiger charge is -2.14. The van der Waals surface area contributed by atoms with E-state index in [1.54, 1.807) is 23.6 Å². The summed E-state index contributed by atoms with van der Waals surface area (Å²) in [5.74, 6) is 0.473. The van der Waals surface area contributed by atoms with Crippen LogP contribution in [0.2, 0.25) is 5.02 Å². The molecular formula is C20H19ClN6O4. The molecule has 1 atom stereocenters. The number of aromatic nitrogens is 5. The first-order chi connectivity index (χ1) is 15.0. The SMILES string of the molecule is COCCn1c(=O)c2c(-c3noc(C(C)COC)n3)ncn2c2ccc(Cl)c(C#N)c21. The van der Waals surface area contributed by atoms with E-state index >= 15 is 0 Å². The lowest BCUT2D eigenvalue weighted by molar-refractivity contribution is 0.170. The first kappa shape index (κ1) is 21.0. The van der Waals surface area contributed by atoms with Gasteiger partial charge in [0.1, 0.15) is 23.6 Å². The van der Waals surface area contributed by atoms with Crippen molar-refractivity contribution < 1.29 is 14.0 Å². The van der Waals surface area contributed by atoms with Gasteiger partial charge in [-0.15, -0.1) is 0 Å². The van der Waals surface area contributed by atoms with E-state index in [2.05, 4.69) is 21.2 Å². The van der Waals surface area contributed by atoms with Crippen LogP contribution in [-0.2, 0) is 16.0 Å². The summed E-state index contributed by atoms with van der Waals surface area (Å²) < 4.78 is 18.7. The van der Waals surface area contributed by atoms with Gasteiger partial charge in [-0.05, 0) is 12.1 Å². The molecule has 0 radical (unpaired) electrons. The van der Waals surface area contributed by atoms with E-state index in [9.17, 15) is 10.1 Å². The van der Waals surface area contributed by atoms with Crippen LogP contribution < -0.4 is 5.56 Å². The molecule has 1 aromatic carbocycles. The zero-order valence-electron chi connectivity index (χ0n) is 17.1. The molecule has 160 valence electrons. The Balaban J connectivity index is 2.01. The van der Waals surface area contributed by atoms with Crippen LogP contribution in [0, 0.1) is 11.3 Å². The molecule has 0 N–H and O–H groups in total. The number of halogens is 1. The number of hydrogen-bond donors (Lipinski definition) is 0. The third-order valence-corrected chi connectivity index (χ3v) is 5.29. The predicted octanol–water partition coefficient (Wildman–Crippen LogP) is 2.62. The molecule has 0 saturated carbocycles. The summed E-state index contributed by atoms with van der Waals surface area (Å²) in [7, 11) is 3.13. The molecule has 4 rings (SSSR count). The highest BCUT2D eigenvalue weighted by atomic mass is 35.5. The van der Waals surface area contributed by atoms with Gasteiger partial charge in [-0.1, -0.05) is 23.7 Å². The number of nitriles is 1. The maximum absolute atomic E-state index is 13.5. The minimum Gasteiger partial charge on any atom is -0.384 e. The highest BCUT2D eigenvalue weighted by molar-refractivity contribution is 6.32. The van der Waals surface area contributed by atoms with E-state index in [-0.39, 0.29) is 52.2 Å². The topological polar surface area (TPSA) is 120 Å². The molecule has 0 saturated heterocycles. The number of rotatable bonds is 7. The van der Waals surface area contributed by atoms with Gasteiger partial charge in [0.15, 0.2) is 0 Å². The van der Waals surface area contributed by atoms with Gasteiger partial charge < -0.3 is 18.6 Å².